The first-order chi connectivity index (χ1) is 24.8. The van der Waals surface area contributed by atoms with E-state index in [1.807, 2.05) is 0 Å². The lowest BCUT2D eigenvalue weighted by atomic mass is 10.1. The quantitative estimate of drug-likeness (QED) is 0.0355. The standard InChI is InChI=1S/C36H40O11.C4H6/c1-4-33(37)44-23-8-6-5-7-22-43-29-17-13-27(14-18-29)35(39)47-32-20-19-30(25-31(32)36(40)45-24-10-9-21-41-2)46-34(38)26-11-15-28(42-3)16-12-26;1-3-4-2/h4,11-20,25H,1,5-10,21-24H2,2-3H3;3-4H,1-2H2. The molecule has 0 spiro atoms. The SMILES string of the molecule is C=CC(=O)OCCCCCCOc1ccc(C(=O)Oc2ccc(OC(=O)c3ccc(OC)cc3)cc2C(=O)OCCCCOC)cc1.C=CC=C. The van der Waals surface area contributed by atoms with Crippen LogP contribution in [0.5, 0.6) is 23.0 Å². The molecule has 0 aliphatic rings. The van der Waals surface area contributed by atoms with Crippen molar-refractivity contribution in [3.8, 4) is 23.0 Å². The molecule has 0 aliphatic carbocycles. The van der Waals surface area contributed by atoms with Gasteiger partial charge < -0.3 is 33.2 Å². The zero-order valence-electron chi connectivity index (χ0n) is 29.3. The van der Waals surface area contributed by atoms with E-state index in [0.717, 1.165) is 31.8 Å². The third-order valence-electron chi connectivity index (χ3n) is 6.86. The molecular weight excluding hydrogens is 656 g/mol. The van der Waals surface area contributed by atoms with Gasteiger partial charge in [0.05, 0.1) is 38.1 Å². The van der Waals surface area contributed by atoms with E-state index in [0.29, 0.717) is 44.2 Å². The molecule has 0 saturated heterocycles. The van der Waals surface area contributed by atoms with E-state index in [1.165, 1.54) is 25.3 Å². The number of allylic oxidation sites excluding steroid dienone is 2. The van der Waals surface area contributed by atoms with Crippen LogP contribution in [0.25, 0.3) is 0 Å². The Morgan fingerprint density at radius 3 is 1.69 bits per heavy atom. The Morgan fingerprint density at radius 1 is 0.569 bits per heavy atom. The molecule has 0 radical (unpaired) electrons. The summed E-state index contributed by atoms with van der Waals surface area (Å²) in [5.74, 6) is -1.34. The minimum atomic E-state index is -0.742. The van der Waals surface area contributed by atoms with Gasteiger partial charge in [-0.2, -0.15) is 0 Å². The highest BCUT2D eigenvalue weighted by Crippen LogP contribution is 2.27. The summed E-state index contributed by atoms with van der Waals surface area (Å²) < 4.78 is 37.3. The summed E-state index contributed by atoms with van der Waals surface area (Å²) in [6.07, 6.45) is 9.07. The van der Waals surface area contributed by atoms with Gasteiger partial charge in [0.25, 0.3) is 0 Å². The lowest BCUT2D eigenvalue weighted by molar-refractivity contribution is -0.137. The van der Waals surface area contributed by atoms with Gasteiger partial charge >= 0.3 is 23.9 Å². The fourth-order valence-corrected chi connectivity index (χ4v) is 4.13. The van der Waals surface area contributed by atoms with E-state index >= 15 is 0 Å². The maximum Gasteiger partial charge on any atom is 0.343 e. The summed E-state index contributed by atoms with van der Waals surface area (Å²) >= 11 is 0. The number of unbranched alkanes of at least 4 members (excludes halogenated alkanes) is 4. The average Bonchev–Trinajstić information content (AvgIpc) is 3.16. The monoisotopic (exact) mass is 702 g/mol. The third kappa shape index (κ3) is 16.1. The molecule has 3 aromatic rings. The van der Waals surface area contributed by atoms with Crippen molar-refractivity contribution in [2.75, 3.05) is 40.6 Å². The van der Waals surface area contributed by atoms with Gasteiger partial charge in [-0.05, 0) is 105 Å². The van der Waals surface area contributed by atoms with E-state index in [1.54, 1.807) is 67.8 Å². The predicted octanol–water partition coefficient (Wildman–Crippen LogP) is 7.74. The number of carbonyl (C=O) groups is 4. The van der Waals surface area contributed by atoms with Gasteiger partial charge in [-0.3, -0.25) is 0 Å². The molecule has 0 unspecified atom stereocenters. The number of esters is 4. The minimum absolute atomic E-state index is 0.0549. The average molecular weight is 703 g/mol. The van der Waals surface area contributed by atoms with Crippen molar-refractivity contribution in [1.29, 1.82) is 0 Å². The second kappa shape index (κ2) is 24.5. The van der Waals surface area contributed by atoms with Gasteiger partial charge in [0.15, 0.2) is 0 Å². The molecule has 0 bridgehead atoms. The van der Waals surface area contributed by atoms with E-state index in [2.05, 4.69) is 19.7 Å². The van der Waals surface area contributed by atoms with Crippen LogP contribution in [-0.2, 0) is 19.0 Å². The summed E-state index contributed by atoms with van der Waals surface area (Å²) in [6.45, 7) is 11.6. The van der Waals surface area contributed by atoms with E-state index in [9.17, 15) is 19.2 Å². The summed E-state index contributed by atoms with van der Waals surface area (Å²) in [6, 6.07) is 16.9. The number of benzene rings is 3. The summed E-state index contributed by atoms with van der Waals surface area (Å²) in [4.78, 5) is 49.8. The Bertz CT molecular complexity index is 1550. The normalized spacial score (nSPS) is 10.0. The molecule has 0 aliphatic heterocycles. The second-order valence-corrected chi connectivity index (χ2v) is 10.6. The first kappa shape index (κ1) is 41.5. The zero-order valence-corrected chi connectivity index (χ0v) is 29.3. The molecule has 0 heterocycles. The Labute approximate surface area is 299 Å². The Kier molecular flexibility index (Phi) is 19.9. The molecule has 11 heteroatoms. The number of hydrogen-bond acceptors (Lipinski definition) is 11. The van der Waals surface area contributed by atoms with Gasteiger partial charge in [-0.15, -0.1) is 0 Å². The van der Waals surface area contributed by atoms with E-state index in [-0.39, 0.29) is 34.8 Å². The largest absolute Gasteiger partial charge is 0.497 e. The second-order valence-electron chi connectivity index (χ2n) is 10.6. The lowest BCUT2D eigenvalue weighted by Crippen LogP contribution is -2.15. The molecule has 11 nitrogen and oxygen atoms in total. The van der Waals surface area contributed by atoms with Gasteiger partial charge in [0.2, 0.25) is 0 Å². The summed E-state index contributed by atoms with van der Waals surface area (Å²) in [7, 11) is 3.11. The van der Waals surface area contributed by atoms with Crippen LogP contribution in [0.2, 0.25) is 0 Å². The van der Waals surface area contributed by atoms with Crippen molar-refractivity contribution < 1.29 is 52.3 Å². The van der Waals surface area contributed by atoms with Crippen LogP contribution in [0.1, 0.15) is 69.6 Å². The minimum Gasteiger partial charge on any atom is -0.497 e. The molecule has 0 atom stereocenters. The highest BCUT2D eigenvalue weighted by atomic mass is 16.6. The van der Waals surface area contributed by atoms with Crippen LogP contribution in [-0.4, -0.2) is 64.5 Å². The molecule has 272 valence electrons. The van der Waals surface area contributed by atoms with Gasteiger partial charge in [-0.1, -0.05) is 31.9 Å². The number of hydrogen-bond donors (Lipinski definition) is 0. The van der Waals surface area contributed by atoms with Crippen LogP contribution in [0, 0.1) is 0 Å². The number of carbonyl (C=O) groups excluding carboxylic acids is 4. The Hall–Kier alpha value is -5.68. The molecule has 0 fully saturated rings. The predicted molar refractivity (Wildman–Crippen MR) is 193 cm³/mol. The van der Waals surface area contributed by atoms with Crippen LogP contribution >= 0.6 is 0 Å². The van der Waals surface area contributed by atoms with Crippen LogP contribution in [0.4, 0.5) is 0 Å². The first-order valence-corrected chi connectivity index (χ1v) is 16.4. The van der Waals surface area contributed by atoms with Crippen molar-refractivity contribution in [2.24, 2.45) is 0 Å². The summed E-state index contributed by atoms with van der Waals surface area (Å²) in [5.41, 5.74) is 0.434. The first-order valence-electron chi connectivity index (χ1n) is 16.4. The maximum absolute atomic E-state index is 13.0. The van der Waals surface area contributed by atoms with E-state index in [4.69, 9.17) is 33.2 Å². The number of rotatable bonds is 21. The Balaban J connectivity index is 0.00000213. The molecule has 51 heavy (non-hydrogen) atoms. The molecule has 0 saturated carbocycles. The lowest BCUT2D eigenvalue weighted by Gasteiger charge is -2.13. The summed E-state index contributed by atoms with van der Waals surface area (Å²) in [5, 5.41) is 0. The number of ether oxygens (including phenoxy) is 7. The van der Waals surface area contributed by atoms with Crippen molar-refractivity contribution >= 4 is 23.9 Å². The van der Waals surface area contributed by atoms with Crippen molar-refractivity contribution in [1.82, 2.24) is 0 Å². The Morgan fingerprint density at radius 2 is 1.10 bits per heavy atom. The maximum atomic E-state index is 13.0. The highest BCUT2D eigenvalue weighted by Gasteiger charge is 2.21. The van der Waals surface area contributed by atoms with Crippen molar-refractivity contribution in [2.45, 2.75) is 38.5 Å². The fourth-order valence-electron chi connectivity index (χ4n) is 4.13. The molecule has 0 N–H and O–H groups in total. The zero-order chi connectivity index (χ0) is 37.3. The molecule has 3 rings (SSSR count). The van der Waals surface area contributed by atoms with Crippen LogP contribution < -0.4 is 18.9 Å². The highest BCUT2D eigenvalue weighted by molar-refractivity contribution is 5.97. The van der Waals surface area contributed by atoms with Gasteiger partial charge in [0.1, 0.15) is 28.6 Å². The van der Waals surface area contributed by atoms with Crippen molar-refractivity contribution in [3.63, 3.8) is 0 Å². The smallest absolute Gasteiger partial charge is 0.343 e. The molecule has 0 aromatic heterocycles. The number of methoxy groups -OCH3 is 2. The van der Waals surface area contributed by atoms with Gasteiger partial charge in [-0.25, -0.2) is 19.2 Å². The molecule has 0 amide bonds. The fraction of sp³-hybridized carbons (Fsp3) is 0.300. The van der Waals surface area contributed by atoms with Crippen LogP contribution in [0.15, 0.2) is 105 Å². The molecule has 3 aromatic carbocycles. The topological polar surface area (TPSA) is 133 Å². The molecular formula is C40H46O11. The van der Waals surface area contributed by atoms with E-state index < -0.39 is 23.9 Å². The van der Waals surface area contributed by atoms with Gasteiger partial charge in [0, 0.05) is 19.8 Å². The third-order valence-corrected chi connectivity index (χ3v) is 6.86. The van der Waals surface area contributed by atoms with Crippen LogP contribution in [0.3, 0.4) is 0 Å². The van der Waals surface area contributed by atoms with Crippen molar-refractivity contribution in [3.05, 3.63) is 121 Å².